The van der Waals surface area contributed by atoms with Gasteiger partial charge in [-0.25, -0.2) is 9.50 Å². The zero-order valence-electron chi connectivity index (χ0n) is 13.0. The lowest BCUT2D eigenvalue weighted by molar-refractivity contribution is 0.951. The number of benzene rings is 2. The van der Waals surface area contributed by atoms with Crippen LogP contribution in [0.1, 0.15) is 5.56 Å². The Balaban J connectivity index is 1.88. The average molecular weight is 346 g/mol. The summed E-state index contributed by atoms with van der Waals surface area (Å²) in [7, 11) is 0. The zero-order valence-corrected chi connectivity index (χ0v) is 13.8. The molecule has 1 N–H and O–H groups in total. The number of hydrogen-bond donors (Lipinski definition) is 1. The summed E-state index contributed by atoms with van der Waals surface area (Å²) in [5.74, 6) is 0.475. The molecule has 4 rings (SSSR count). The van der Waals surface area contributed by atoms with Crippen LogP contribution in [0, 0.1) is 11.3 Å². The van der Waals surface area contributed by atoms with E-state index in [9.17, 15) is 5.26 Å². The molecule has 120 valence electrons. The van der Waals surface area contributed by atoms with Gasteiger partial charge in [-0.2, -0.15) is 5.26 Å². The fourth-order valence-corrected chi connectivity index (χ4v) is 2.76. The first-order chi connectivity index (χ1) is 12.3. The van der Waals surface area contributed by atoms with Gasteiger partial charge in [0.2, 0.25) is 0 Å². The summed E-state index contributed by atoms with van der Waals surface area (Å²) in [6.07, 6.45) is 1.67. The monoisotopic (exact) mass is 345 g/mol. The van der Waals surface area contributed by atoms with Gasteiger partial charge in [-0.3, -0.25) is 0 Å². The summed E-state index contributed by atoms with van der Waals surface area (Å²) < 4.78 is 1.67. The molecule has 0 aliphatic carbocycles. The Kier molecular flexibility index (Phi) is 3.81. The van der Waals surface area contributed by atoms with Crippen LogP contribution < -0.4 is 5.32 Å². The van der Waals surface area contributed by atoms with Crippen molar-refractivity contribution >= 4 is 28.8 Å². The second kappa shape index (κ2) is 6.27. The molecule has 25 heavy (non-hydrogen) atoms. The lowest BCUT2D eigenvalue weighted by atomic mass is 10.1. The Morgan fingerprint density at radius 1 is 1.00 bits per heavy atom. The third-order valence-corrected chi connectivity index (χ3v) is 4.06. The van der Waals surface area contributed by atoms with Crippen LogP contribution >= 0.6 is 11.6 Å². The van der Waals surface area contributed by atoms with Crippen molar-refractivity contribution < 1.29 is 0 Å². The number of rotatable bonds is 3. The minimum absolute atomic E-state index is 0.402. The van der Waals surface area contributed by atoms with Crippen LogP contribution in [0.25, 0.3) is 16.9 Å². The highest BCUT2D eigenvalue weighted by Gasteiger charge is 2.16. The first-order valence-corrected chi connectivity index (χ1v) is 8.00. The Hall–Kier alpha value is -3.36. The highest BCUT2D eigenvalue weighted by molar-refractivity contribution is 6.30. The second-order valence-corrected chi connectivity index (χ2v) is 5.84. The van der Waals surface area contributed by atoms with Gasteiger partial charge in [-0.1, -0.05) is 41.9 Å². The standard InChI is InChI=1S/C19H12ClN5/c20-14-8-6-13(7-9-14)17-10-11-22-19-16(12-21)18(24-25(17)19)23-15-4-2-1-3-5-15/h1-11H,(H,23,24). The summed E-state index contributed by atoms with van der Waals surface area (Å²) in [6, 6.07) is 21.1. The maximum absolute atomic E-state index is 9.58. The zero-order chi connectivity index (χ0) is 17.2. The van der Waals surface area contributed by atoms with E-state index in [2.05, 4.69) is 21.5 Å². The van der Waals surface area contributed by atoms with E-state index in [-0.39, 0.29) is 0 Å². The Morgan fingerprint density at radius 3 is 2.48 bits per heavy atom. The molecule has 2 aromatic heterocycles. The molecule has 0 spiro atoms. The normalized spacial score (nSPS) is 10.6. The van der Waals surface area contributed by atoms with Crippen molar-refractivity contribution in [3.63, 3.8) is 0 Å². The van der Waals surface area contributed by atoms with E-state index in [0.717, 1.165) is 16.9 Å². The van der Waals surface area contributed by atoms with Gasteiger partial charge in [0.15, 0.2) is 11.5 Å². The van der Waals surface area contributed by atoms with E-state index in [1.165, 1.54) is 0 Å². The van der Waals surface area contributed by atoms with Crippen LogP contribution in [0.4, 0.5) is 11.5 Å². The molecule has 0 amide bonds. The van der Waals surface area contributed by atoms with Crippen molar-refractivity contribution in [2.24, 2.45) is 0 Å². The maximum atomic E-state index is 9.58. The van der Waals surface area contributed by atoms with Crippen molar-refractivity contribution in [2.45, 2.75) is 0 Å². The highest BCUT2D eigenvalue weighted by Crippen LogP contribution is 2.27. The number of aromatic nitrogens is 3. The Bertz CT molecular complexity index is 1080. The van der Waals surface area contributed by atoms with Gasteiger partial charge in [0.1, 0.15) is 11.6 Å². The van der Waals surface area contributed by atoms with E-state index in [4.69, 9.17) is 11.6 Å². The van der Waals surface area contributed by atoms with Crippen LogP contribution in [0.3, 0.4) is 0 Å². The number of nitrogens with zero attached hydrogens (tertiary/aromatic N) is 4. The van der Waals surface area contributed by atoms with Gasteiger partial charge in [0.05, 0.1) is 5.69 Å². The van der Waals surface area contributed by atoms with Crippen LogP contribution in [-0.4, -0.2) is 14.6 Å². The quantitative estimate of drug-likeness (QED) is 0.586. The molecule has 0 unspecified atom stereocenters. The molecule has 2 aromatic carbocycles. The van der Waals surface area contributed by atoms with Crippen LogP contribution in [0.5, 0.6) is 0 Å². The van der Waals surface area contributed by atoms with Crippen LogP contribution in [-0.2, 0) is 0 Å². The molecule has 4 aromatic rings. The minimum atomic E-state index is 0.402. The van der Waals surface area contributed by atoms with Gasteiger partial charge >= 0.3 is 0 Å². The molecule has 0 aliphatic rings. The van der Waals surface area contributed by atoms with Crippen molar-refractivity contribution in [1.29, 1.82) is 5.26 Å². The summed E-state index contributed by atoms with van der Waals surface area (Å²) in [4.78, 5) is 4.33. The summed E-state index contributed by atoms with van der Waals surface area (Å²) in [5.41, 5.74) is 3.54. The number of hydrogen-bond acceptors (Lipinski definition) is 4. The molecule has 0 radical (unpaired) electrons. The fourth-order valence-electron chi connectivity index (χ4n) is 2.63. The third-order valence-electron chi connectivity index (χ3n) is 3.81. The van der Waals surface area contributed by atoms with Gasteiger partial charge in [0, 0.05) is 22.5 Å². The SMILES string of the molecule is N#Cc1c(Nc2ccccc2)nn2c(-c3ccc(Cl)cc3)ccnc12. The van der Waals surface area contributed by atoms with Gasteiger partial charge in [0.25, 0.3) is 0 Å². The first-order valence-electron chi connectivity index (χ1n) is 7.62. The minimum Gasteiger partial charge on any atom is -0.338 e. The molecular weight excluding hydrogens is 334 g/mol. The predicted molar refractivity (Wildman–Crippen MR) is 97.9 cm³/mol. The fraction of sp³-hybridized carbons (Fsp3) is 0. The second-order valence-electron chi connectivity index (χ2n) is 5.40. The lowest BCUT2D eigenvalue weighted by Crippen LogP contribution is -1.96. The van der Waals surface area contributed by atoms with Crippen LogP contribution in [0.15, 0.2) is 66.9 Å². The van der Waals surface area contributed by atoms with Gasteiger partial charge in [-0.15, -0.1) is 5.10 Å². The van der Waals surface area contributed by atoms with Crippen molar-refractivity contribution in [3.8, 4) is 17.3 Å². The molecule has 0 aliphatic heterocycles. The molecule has 0 bridgehead atoms. The van der Waals surface area contributed by atoms with Crippen molar-refractivity contribution in [3.05, 3.63) is 77.4 Å². The molecule has 0 saturated heterocycles. The first kappa shape index (κ1) is 15.2. The smallest absolute Gasteiger partial charge is 0.175 e. The Labute approximate surface area is 149 Å². The third kappa shape index (κ3) is 2.80. The topological polar surface area (TPSA) is 66.0 Å². The molecule has 0 fully saturated rings. The number of fused-ring (bicyclic) bond motifs is 1. The molecule has 2 heterocycles. The predicted octanol–water partition coefficient (Wildman–Crippen LogP) is 4.66. The maximum Gasteiger partial charge on any atom is 0.175 e. The van der Waals surface area contributed by atoms with E-state index in [1.807, 2.05) is 60.7 Å². The van der Waals surface area contributed by atoms with Crippen LogP contribution in [0.2, 0.25) is 5.02 Å². The summed E-state index contributed by atoms with van der Waals surface area (Å²) in [6.45, 7) is 0. The summed E-state index contributed by atoms with van der Waals surface area (Å²) in [5, 5.41) is 18.0. The molecular formula is C19H12ClN5. The van der Waals surface area contributed by atoms with E-state index in [1.54, 1.807) is 10.7 Å². The number of anilines is 2. The van der Waals surface area contributed by atoms with Gasteiger partial charge in [-0.05, 0) is 30.3 Å². The molecule has 0 saturated carbocycles. The number of nitrogens with one attached hydrogen (secondary N) is 1. The molecule has 5 nitrogen and oxygen atoms in total. The van der Waals surface area contributed by atoms with Gasteiger partial charge < -0.3 is 5.32 Å². The number of nitriles is 1. The highest BCUT2D eigenvalue weighted by atomic mass is 35.5. The largest absolute Gasteiger partial charge is 0.338 e. The van der Waals surface area contributed by atoms with Crippen molar-refractivity contribution in [2.75, 3.05) is 5.32 Å². The molecule has 6 heteroatoms. The number of halogens is 1. The van der Waals surface area contributed by atoms with E-state index >= 15 is 0 Å². The van der Waals surface area contributed by atoms with Crippen molar-refractivity contribution in [1.82, 2.24) is 14.6 Å². The van der Waals surface area contributed by atoms with E-state index in [0.29, 0.717) is 22.1 Å². The molecule has 0 atom stereocenters. The van der Waals surface area contributed by atoms with E-state index < -0.39 is 0 Å². The Morgan fingerprint density at radius 2 is 1.76 bits per heavy atom. The number of para-hydroxylation sites is 1. The summed E-state index contributed by atoms with van der Waals surface area (Å²) >= 11 is 5.97. The average Bonchev–Trinajstić information content (AvgIpc) is 3.00. The lowest BCUT2D eigenvalue weighted by Gasteiger charge is -2.04.